The molecule has 2 aromatic rings. The van der Waals surface area contributed by atoms with Gasteiger partial charge in [-0.25, -0.2) is 0 Å². The lowest BCUT2D eigenvalue weighted by Crippen LogP contribution is -2.28. The van der Waals surface area contributed by atoms with Crippen molar-refractivity contribution in [3.63, 3.8) is 0 Å². The molecule has 2 heterocycles. The highest BCUT2D eigenvalue weighted by Crippen LogP contribution is 2.22. The van der Waals surface area contributed by atoms with Crippen molar-refractivity contribution in [3.8, 4) is 11.5 Å². The molecular formula is C10H8ClF3N4O. The Hall–Kier alpha value is -1.67. The molecule has 0 unspecified atom stereocenters. The van der Waals surface area contributed by atoms with Crippen LogP contribution in [-0.2, 0) is 6.54 Å². The van der Waals surface area contributed by atoms with Crippen LogP contribution in [0, 0.1) is 0 Å². The summed E-state index contributed by atoms with van der Waals surface area (Å²) in [6.07, 6.45) is -2.79. The highest BCUT2D eigenvalue weighted by Gasteiger charge is 2.26. The van der Waals surface area contributed by atoms with Crippen molar-refractivity contribution in [2.75, 3.05) is 6.54 Å². The fourth-order valence-electron chi connectivity index (χ4n) is 1.28. The normalized spacial score (nSPS) is 11.8. The van der Waals surface area contributed by atoms with Gasteiger partial charge in [0.1, 0.15) is 5.69 Å². The maximum atomic E-state index is 11.9. The number of hydrogen-bond acceptors (Lipinski definition) is 5. The molecule has 9 heteroatoms. The average molecular weight is 293 g/mol. The molecule has 0 fully saturated rings. The molecular weight excluding hydrogens is 285 g/mol. The van der Waals surface area contributed by atoms with Gasteiger partial charge in [0.15, 0.2) is 0 Å². The summed E-state index contributed by atoms with van der Waals surface area (Å²) >= 11 is 5.88. The van der Waals surface area contributed by atoms with E-state index in [1.807, 2.05) is 0 Å². The lowest BCUT2D eigenvalue weighted by Gasteiger charge is -2.05. The molecule has 2 rings (SSSR count). The van der Waals surface area contributed by atoms with Gasteiger partial charge in [0.25, 0.3) is 0 Å². The van der Waals surface area contributed by atoms with E-state index >= 15 is 0 Å². The third-order valence-electron chi connectivity index (χ3n) is 2.04. The van der Waals surface area contributed by atoms with Crippen molar-refractivity contribution in [1.29, 1.82) is 0 Å². The van der Waals surface area contributed by atoms with E-state index in [1.165, 1.54) is 6.20 Å². The molecule has 0 saturated heterocycles. The van der Waals surface area contributed by atoms with Gasteiger partial charge in [-0.15, -0.1) is 0 Å². The van der Waals surface area contributed by atoms with Crippen LogP contribution in [0.2, 0.25) is 5.02 Å². The third-order valence-corrected chi connectivity index (χ3v) is 2.35. The average Bonchev–Trinajstić information content (AvgIpc) is 2.76. The summed E-state index contributed by atoms with van der Waals surface area (Å²) in [6, 6.07) is 3.24. The molecule has 19 heavy (non-hydrogen) atoms. The first kappa shape index (κ1) is 13.8. The molecule has 0 spiro atoms. The summed E-state index contributed by atoms with van der Waals surface area (Å²) in [7, 11) is 0. The van der Waals surface area contributed by atoms with Crippen LogP contribution in [0.1, 0.15) is 5.89 Å². The van der Waals surface area contributed by atoms with Crippen LogP contribution in [0.15, 0.2) is 22.9 Å². The third kappa shape index (κ3) is 3.90. The van der Waals surface area contributed by atoms with E-state index in [1.54, 1.807) is 12.1 Å². The van der Waals surface area contributed by atoms with E-state index in [9.17, 15) is 13.2 Å². The van der Waals surface area contributed by atoms with E-state index in [0.29, 0.717) is 10.7 Å². The molecule has 0 atom stereocenters. The Bertz CT molecular complexity index is 558. The van der Waals surface area contributed by atoms with E-state index in [2.05, 4.69) is 20.4 Å². The summed E-state index contributed by atoms with van der Waals surface area (Å²) in [5.74, 6) is 0.162. The molecule has 2 aromatic heterocycles. The summed E-state index contributed by atoms with van der Waals surface area (Å²) in [4.78, 5) is 7.87. The van der Waals surface area contributed by atoms with Gasteiger partial charge in [-0.1, -0.05) is 16.8 Å². The van der Waals surface area contributed by atoms with Crippen molar-refractivity contribution in [2.45, 2.75) is 12.7 Å². The molecule has 0 radical (unpaired) electrons. The number of hydrogen-bond donors (Lipinski definition) is 1. The topological polar surface area (TPSA) is 63.8 Å². The quantitative estimate of drug-likeness (QED) is 0.937. The Morgan fingerprint density at radius 2 is 2.16 bits per heavy atom. The number of pyridine rings is 1. The smallest absolute Gasteiger partial charge is 0.337 e. The molecule has 0 aliphatic carbocycles. The molecule has 5 nitrogen and oxygen atoms in total. The van der Waals surface area contributed by atoms with E-state index in [4.69, 9.17) is 16.1 Å². The Morgan fingerprint density at radius 1 is 1.37 bits per heavy atom. The van der Waals surface area contributed by atoms with Crippen LogP contribution >= 0.6 is 11.6 Å². The fraction of sp³-hybridized carbons (Fsp3) is 0.300. The standard InChI is InChI=1S/C10H8ClF3N4O/c11-6-2-1-3-16-8(6)9-17-7(19-18-9)4-15-5-10(12,13)14/h1-3,15H,4-5H2. The Kier molecular flexibility index (Phi) is 4.01. The highest BCUT2D eigenvalue weighted by molar-refractivity contribution is 6.32. The Labute approximate surface area is 110 Å². The molecule has 0 aliphatic heterocycles. The molecule has 0 saturated carbocycles. The van der Waals surface area contributed by atoms with Crippen LogP contribution in [-0.4, -0.2) is 27.8 Å². The minimum absolute atomic E-state index is 0.0287. The maximum Gasteiger partial charge on any atom is 0.401 e. The van der Waals surface area contributed by atoms with Crippen LogP contribution in [0.25, 0.3) is 11.5 Å². The molecule has 102 valence electrons. The molecule has 0 amide bonds. The van der Waals surface area contributed by atoms with Crippen molar-refractivity contribution in [1.82, 2.24) is 20.4 Å². The maximum absolute atomic E-state index is 11.9. The first-order chi connectivity index (χ1) is 8.96. The minimum Gasteiger partial charge on any atom is -0.337 e. The van der Waals surface area contributed by atoms with Crippen molar-refractivity contribution in [3.05, 3.63) is 29.2 Å². The Morgan fingerprint density at radius 3 is 2.84 bits per heavy atom. The van der Waals surface area contributed by atoms with Gasteiger partial charge in [-0.2, -0.15) is 18.2 Å². The second-order valence-electron chi connectivity index (χ2n) is 3.56. The summed E-state index contributed by atoms with van der Waals surface area (Å²) < 4.78 is 40.6. The fourth-order valence-corrected chi connectivity index (χ4v) is 1.49. The number of nitrogens with one attached hydrogen (secondary N) is 1. The van der Waals surface area contributed by atoms with Crippen molar-refractivity contribution < 1.29 is 17.7 Å². The minimum atomic E-state index is -4.28. The van der Waals surface area contributed by atoms with Gasteiger partial charge in [0, 0.05) is 6.20 Å². The zero-order valence-corrected chi connectivity index (χ0v) is 10.2. The molecule has 0 aromatic carbocycles. The first-order valence-corrected chi connectivity index (χ1v) is 5.54. The first-order valence-electron chi connectivity index (χ1n) is 5.16. The summed E-state index contributed by atoms with van der Waals surface area (Å²) in [5, 5.41) is 6.09. The molecule has 0 aliphatic rings. The summed E-state index contributed by atoms with van der Waals surface area (Å²) in [5.41, 5.74) is 0.315. The lowest BCUT2D eigenvalue weighted by molar-refractivity contribution is -0.125. The molecule has 1 N–H and O–H groups in total. The van der Waals surface area contributed by atoms with Gasteiger partial charge in [-0.05, 0) is 12.1 Å². The summed E-state index contributed by atoms with van der Waals surface area (Å²) in [6.45, 7) is -1.31. The van der Waals surface area contributed by atoms with Gasteiger partial charge < -0.3 is 9.84 Å². The van der Waals surface area contributed by atoms with Gasteiger partial charge in [-0.3, -0.25) is 4.98 Å². The number of rotatable bonds is 4. The van der Waals surface area contributed by atoms with Crippen LogP contribution in [0.4, 0.5) is 13.2 Å². The molecule has 0 bridgehead atoms. The SMILES string of the molecule is FC(F)(F)CNCc1nc(-c2ncccc2Cl)no1. The second-order valence-corrected chi connectivity index (χ2v) is 3.97. The number of halogens is 4. The monoisotopic (exact) mass is 292 g/mol. The predicted octanol–water partition coefficient (Wildman–Crippen LogP) is 2.44. The number of alkyl halides is 3. The van der Waals surface area contributed by atoms with E-state index in [0.717, 1.165) is 0 Å². The van der Waals surface area contributed by atoms with Crippen LogP contribution < -0.4 is 5.32 Å². The largest absolute Gasteiger partial charge is 0.401 e. The second kappa shape index (κ2) is 5.54. The van der Waals surface area contributed by atoms with Crippen LogP contribution in [0.5, 0.6) is 0 Å². The van der Waals surface area contributed by atoms with Gasteiger partial charge in [0.05, 0.1) is 18.1 Å². The highest BCUT2D eigenvalue weighted by atomic mass is 35.5. The van der Waals surface area contributed by atoms with Gasteiger partial charge >= 0.3 is 6.18 Å². The lowest BCUT2D eigenvalue weighted by atomic mass is 10.3. The van der Waals surface area contributed by atoms with E-state index in [-0.39, 0.29) is 18.3 Å². The number of aromatic nitrogens is 3. The Balaban J connectivity index is 2.02. The van der Waals surface area contributed by atoms with Gasteiger partial charge in [0.2, 0.25) is 11.7 Å². The number of nitrogens with zero attached hydrogens (tertiary/aromatic N) is 3. The van der Waals surface area contributed by atoms with Crippen LogP contribution in [0.3, 0.4) is 0 Å². The predicted molar refractivity (Wildman–Crippen MR) is 60.3 cm³/mol. The van der Waals surface area contributed by atoms with E-state index < -0.39 is 12.7 Å². The zero-order chi connectivity index (χ0) is 13.9. The van der Waals surface area contributed by atoms with Crippen molar-refractivity contribution >= 4 is 11.6 Å². The zero-order valence-electron chi connectivity index (χ0n) is 9.41. The van der Waals surface area contributed by atoms with Crippen molar-refractivity contribution in [2.24, 2.45) is 0 Å².